The molecule has 7 nitrogen and oxygen atoms in total. The van der Waals surface area contributed by atoms with Gasteiger partial charge in [0.25, 0.3) is 5.91 Å². The Balaban J connectivity index is 0.000000305. The molecule has 0 bridgehead atoms. The van der Waals surface area contributed by atoms with Gasteiger partial charge >= 0.3 is 0 Å². The van der Waals surface area contributed by atoms with Crippen LogP contribution in [0.2, 0.25) is 0 Å². The van der Waals surface area contributed by atoms with Gasteiger partial charge in [0, 0.05) is 37.9 Å². The van der Waals surface area contributed by atoms with Crippen molar-refractivity contribution in [3.05, 3.63) is 52.8 Å². The van der Waals surface area contributed by atoms with Crippen LogP contribution in [0.3, 0.4) is 0 Å². The van der Waals surface area contributed by atoms with Crippen molar-refractivity contribution in [1.82, 2.24) is 14.8 Å². The number of carbonyl (C=O) groups is 1. The lowest BCUT2D eigenvalue weighted by atomic mass is 10.1. The predicted molar refractivity (Wildman–Crippen MR) is 121 cm³/mol. The third-order valence-corrected chi connectivity index (χ3v) is 5.78. The second-order valence-corrected chi connectivity index (χ2v) is 8.34. The number of nitrogens with zero attached hydrogens (tertiary/aromatic N) is 3. The van der Waals surface area contributed by atoms with Crippen LogP contribution in [0.15, 0.2) is 29.9 Å². The first-order valence-corrected chi connectivity index (χ1v) is 11.3. The highest BCUT2D eigenvalue weighted by molar-refractivity contribution is 7.13. The van der Waals surface area contributed by atoms with E-state index in [2.05, 4.69) is 15.4 Å². The fourth-order valence-corrected chi connectivity index (χ4v) is 3.98. The third kappa shape index (κ3) is 6.41. The average molecular weight is 464 g/mol. The molecular formula is C22H27F2N5O2S. The molecule has 1 amide bonds. The second kappa shape index (κ2) is 11.3. The number of ether oxygens (including phenoxy) is 1. The first-order valence-electron chi connectivity index (χ1n) is 10.4. The molecule has 3 aromatic rings. The van der Waals surface area contributed by atoms with Crippen molar-refractivity contribution >= 4 is 22.9 Å². The van der Waals surface area contributed by atoms with Gasteiger partial charge < -0.3 is 15.8 Å². The summed E-state index contributed by atoms with van der Waals surface area (Å²) in [6.07, 6.45) is 6.98. The number of hydrogen-bond donors (Lipinski definition) is 2. The Hall–Kier alpha value is -2.69. The molecule has 0 radical (unpaired) electrons. The van der Waals surface area contributed by atoms with Crippen LogP contribution in [-0.4, -0.2) is 39.9 Å². The quantitative estimate of drug-likeness (QED) is 0.606. The molecular weight excluding hydrogens is 436 g/mol. The van der Waals surface area contributed by atoms with Crippen LogP contribution >= 0.6 is 11.3 Å². The molecule has 3 N–H and O–H groups in total. The maximum absolute atomic E-state index is 14.2. The van der Waals surface area contributed by atoms with Crippen LogP contribution in [0.5, 0.6) is 0 Å². The monoisotopic (exact) mass is 463 g/mol. The molecule has 1 aliphatic heterocycles. The van der Waals surface area contributed by atoms with Crippen molar-refractivity contribution in [3.8, 4) is 10.6 Å². The minimum absolute atomic E-state index is 0.0946. The maximum Gasteiger partial charge on any atom is 0.275 e. The van der Waals surface area contributed by atoms with Gasteiger partial charge in [0.05, 0.1) is 17.4 Å². The van der Waals surface area contributed by atoms with E-state index in [1.165, 1.54) is 23.7 Å². The fourth-order valence-electron chi connectivity index (χ4n) is 3.14. The Morgan fingerprint density at radius 3 is 2.72 bits per heavy atom. The van der Waals surface area contributed by atoms with E-state index in [4.69, 9.17) is 10.5 Å². The van der Waals surface area contributed by atoms with Gasteiger partial charge in [0.15, 0.2) is 0 Å². The van der Waals surface area contributed by atoms with Gasteiger partial charge in [-0.05, 0) is 43.4 Å². The molecule has 4 rings (SSSR count). The summed E-state index contributed by atoms with van der Waals surface area (Å²) in [6.45, 7) is 3.59. The standard InChI is InChI=1S/C16H14F2N4OS.C6H13NO/c1-3-9-4-11(17)14(12(18)5-9)16-21-13(8-24-16)15(23)20-10-6-19-22(2)7-10;7-6-2-1-4-8-5-3-6/h4-8H,3H2,1-2H3,(H,20,23);6H,1-5,7H2. The van der Waals surface area contributed by atoms with Gasteiger partial charge in [-0.1, -0.05) is 6.92 Å². The van der Waals surface area contributed by atoms with Crippen molar-refractivity contribution in [2.75, 3.05) is 18.5 Å². The summed E-state index contributed by atoms with van der Waals surface area (Å²) in [5, 5.41) is 8.16. The van der Waals surface area contributed by atoms with Crippen molar-refractivity contribution in [2.24, 2.45) is 12.8 Å². The van der Waals surface area contributed by atoms with Gasteiger partial charge in [-0.25, -0.2) is 13.8 Å². The van der Waals surface area contributed by atoms with E-state index in [1.54, 1.807) is 17.9 Å². The number of nitrogens with one attached hydrogen (secondary N) is 1. The van der Waals surface area contributed by atoms with E-state index < -0.39 is 17.5 Å². The number of anilines is 1. The summed E-state index contributed by atoms with van der Waals surface area (Å²) in [5.74, 6) is -1.82. The fraction of sp³-hybridized carbons (Fsp3) is 0.409. The molecule has 1 saturated heterocycles. The number of aromatic nitrogens is 3. The van der Waals surface area contributed by atoms with E-state index >= 15 is 0 Å². The lowest BCUT2D eigenvalue weighted by molar-refractivity contribution is 0.102. The Morgan fingerprint density at radius 2 is 2.06 bits per heavy atom. The highest BCUT2D eigenvalue weighted by Gasteiger charge is 2.19. The van der Waals surface area contributed by atoms with E-state index in [-0.39, 0.29) is 16.3 Å². The number of thiazole rings is 1. The zero-order chi connectivity index (χ0) is 23.1. The van der Waals surface area contributed by atoms with Crippen LogP contribution in [0.1, 0.15) is 42.2 Å². The van der Waals surface area contributed by atoms with Gasteiger partial charge in [-0.3, -0.25) is 9.48 Å². The predicted octanol–water partition coefficient (Wildman–Crippen LogP) is 4.15. The zero-order valence-electron chi connectivity index (χ0n) is 18.1. The largest absolute Gasteiger partial charge is 0.381 e. The number of rotatable bonds is 4. The number of halogens is 2. The van der Waals surface area contributed by atoms with Gasteiger partial charge in [0.2, 0.25) is 0 Å². The number of carbonyl (C=O) groups excluding carboxylic acids is 1. The van der Waals surface area contributed by atoms with Crippen LogP contribution in [0.4, 0.5) is 14.5 Å². The molecule has 1 aliphatic rings. The smallest absolute Gasteiger partial charge is 0.275 e. The second-order valence-electron chi connectivity index (χ2n) is 7.49. The lowest BCUT2D eigenvalue weighted by Gasteiger charge is -2.04. The number of aryl methyl sites for hydroxylation is 2. The zero-order valence-corrected chi connectivity index (χ0v) is 18.9. The Morgan fingerprint density at radius 1 is 1.31 bits per heavy atom. The first kappa shape index (κ1) is 24.0. The normalized spacial score (nSPS) is 16.1. The van der Waals surface area contributed by atoms with E-state index in [0.717, 1.165) is 43.8 Å². The first-order chi connectivity index (χ1) is 15.4. The number of nitrogens with two attached hydrogens (primary N) is 1. The molecule has 0 saturated carbocycles. The van der Waals surface area contributed by atoms with E-state index in [1.807, 2.05) is 6.92 Å². The molecule has 172 valence electrons. The summed E-state index contributed by atoms with van der Waals surface area (Å²) >= 11 is 1.02. The molecule has 0 aliphatic carbocycles. The molecule has 1 atom stereocenters. The molecule has 1 fully saturated rings. The Bertz CT molecular complexity index is 1020. The van der Waals surface area contributed by atoms with Crippen LogP contribution < -0.4 is 11.1 Å². The third-order valence-electron chi connectivity index (χ3n) is 4.92. The highest BCUT2D eigenvalue weighted by Crippen LogP contribution is 2.30. The molecule has 32 heavy (non-hydrogen) atoms. The summed E-state index contributed by atoms with van der Waals surface area (Å²) in [6, 6.07) is 2.97. The van der Waals surface area contributed by atoms with Crippen LogP contribution in [-0.2, 0) is 18.2 Å². The van der Waals surface area contributed by atoms with E-state index in [9.17, 15) is 13.6 Å². The van der Waals surface area contributed by atoms with Crippen molar-refractivity contribution < 1.29 is 18.3 Å². The van der Waals surface area contributed by atoms with Crippen molar-refractivity contribution in [3.63, 3.8) is 0 Å². The molecule has 1 unspecified atom stereocenters. The van der Waals surface area contributed by atoms with Gasteiger partial charge in [-0.15, -0.1) is 11.3 Å². The summed E-state index contributed by atoms with van der Waals surface area (Å²) in [4.78, 5) is 16.2. The Kier molecular flexibility index (Phi) is 8.43. The highest BCUT2D eigenvalue weighted by atomic mass is 32.1. The summed E-state index contributed by atoms with van der Waals surface area (Å²) in [5.41, 5.74) is 6.62. The Labute approximate surface area is 189 Å². The van der Waals surface area contributed by atoms with Crippen molar-refractivity contribution in [1.29, 1.82) is 0 Å². The molecule has 2 aromatic heterocycles. The molecule has 10 heteroatoms. The van der Waals surface area contributed by atoms with Crippen LogP contribution in [0.25, 0.3) is 10.6 Å². The SMILES string of the molecule is CCc1cc(F)c(-c2nc(C(=O)Nc3cnn(C)c3)cs2)c(F)c1.NC1CCCOCC1. The lowest BCUT2D eigenvalue weighted by Crippen LogP contribution is -2.19. The van der Waals surface area contributed by atoms with Crippen LogP contribution in [0, 0.1) is 11.6 Å². The topological polar surface area (TPSA) is 95.1 Å². The van der Waals surface area contributed by atoms with Gasteiger partial charge in [-0.2, -0.15) is 5.10 Å². The number of hydrogen-bond acceptors (Lipinski definition) is 6. The maximum atomic E-state index is 14.2. The average Bonchev–Trinajstić information content (AvgIpc) is 3.32. The minimum atomic E-state index is -0.680. The number of benzene rings is 1. The number of amides is 1. The summed E-state index contributed by atoms with van der Waals surface area (Å²) < 4.78 is 35.0. The van der Waals surface area contributed by atoms with E-state index in [0.29, 0.717) is 23.7 Å². The van der Waals surface area contributed by atoms with Gasteiger partial charge in [0.1, 0.15) is 22.3 Å². The molecule has 3 heterocycles. The minimum Gasteiger partial charge on any atom is -0.381 e. The molecule has 0 spiro atoms. The summed E-state index contributed by atoms with van der Waals surface area (Å²) in [7, 11) is 1.72. The molecule has 1 aromatic carbocycles. The van der Waals surface area contributed by atoms with Crippen molar-refractivity contribution in [2.45, 2.75) is 38.6 Å².